The minimum Gasteiger partial charge on any atom is -0.506 e. The Morgan fingerprint density at radius 1 is 1.63 bits per heavy atom. The van der Waals surface area contributed by atoms with E-state index in [1.807, 2.05) is 11.8 Å². The number of thioether (sulfide) groups is 1. The molecule has 1 heterocycles. The van der Waals surface area contributed by atoms with E-state index in [4.69, 9.17) is 4.74 Å². The van der Waals surface area contributed by atoms with E-state index in [1.54, 1.807) is 19.2 Å². The van der Waals surface area contributed by atoms with Gasteiger partial charge in [-0.2, -0.15) is 11.8 Å². The van der Waals surface area contributed by atoms with Crippen LogP contribution in [0, 0.1) is 0 Å². The molecule has 1 amide bonds. The highest BCUT2D eigenvalue weighted by Gasteiger charge is 2.17. The second-order valence-corrected chi connectivity index (χ2v) is 5.51. The number of methoxy groups -OCH3 is 1. The lowest BCUT2D eigenvalue weighted by atomic mass is 10.2. The van der Waals surface area contributed by atoms with Crippen molar-refractivity contribution < 1.29 is 14.6 Å². The van der Waals surface area contributed by atoms with Crippen LogP contribution >= 0.6 is 11.8 Å². The molecule has 0 aliphatic carbocycles. The predicted molar refractivity (Wildman–Crippen MR) is 77.0 cm³/mol. The van der Waals surface area contributed by atoms with E-state index in [2.05, 4.69) is 10.6 Å². The molecule has 0 aromatic heterocycles. The quantitative estimate of drug-likeness (QED) is 0.729. The zero-order valence-electron chi connectivity index (χ0n) is 10.8. The van der Waals surface area contributed by atoms with E-state index in [0.29, 0.717) is 17.9 Å². The Morgan fingerprint density at radius 3 is 3.16 bits per heavy atom. The van der Waals surface area contributed by atoms with Crippen molar-refractivity contribution in [3.63, 3.8) is 0 Å². The van der Waals surface area contributed by atoms with Gasteiger partial charge in [-0.05, 0) is 12.1 Å². The van der Waals surface area contributed by atoms with E-state index >= 15 is 0 Å². The van der Waals surface area contributed by atoms with Gasteiger partial charge in [0.05, 0.1) is 12.8 Å². The number of carbonyl (C=O) groups excluding carboxylic acids is 1. The monoisotopic (exact) mass is 282 g/mol. The second kappa shape index (κ2) is 6.68. The number of ether oxygens (including phenoxy) is 1. The van der Waals surface area contributed by atoms with Crippen molar-refractivity contribution in [2.24, 2.45) is 0 Å². The zero-order chi connectivity index (χ0) is 13.7. The first-order chi connectivity index (χ1) is 9.19. The van der Waals surface area contributed by atoms with Crippen molar-refractivity contribution in [1.29, 1.82) is 0 Å². The Balaban J connectivity index is 1.94. The van der Waals surface area contributed by atoms with Crippen LogP contribution in [0.2, 0.25) is 0 Å². The number of hydrogen-bond acceptors (Lipinski definition) is 5. The number of hydrogen-bond donors (Lipinski definition) is 3. The van der Waals surface area contributed by atoms with Gasteiger partial charge >= 0.3 is 0 Å². The van der Waals surface area contributed by atoms with Gasteiger partial charge in [0.15, 0.2) is 0 Å². The summed E-state index contributed by atoms with van der Waals surface area (Å²) in [6.07, 6.45) is 0.406. The lowest BCUT2D eigenvalue weighted by Crippen LogP contribution is -2.39. The standard InChI is InChI=1S/C13H18N2O3S/c1-18-10-2-3-12(16)11(7-10)15-13(17)6-9-8-19-5-4-14-9/h2-3,7,9,14,16H,4-6,8H2,1H3,(H,15,17). The number of phenols is 1. The number of nitrogens with one attached hydrogen (secondary N) is 2. The summed E-state index contributed by atoms with van der Waals surface area (Å²) < 4.78 is 5.06. The van der Waals surface area contributed by atoms with Crippen molar-refractivity contribution in [3.8, 4) is 11.5 Å². The second-order valence-electron chi connectivity index (χ2n) is 4.36. The Hall–Kier alpha value is -1.40. The average Bonchev–Trinajstić information content (AvgIpc) is 2.42. The molecule has 0 spiro atoms. The zero-order valence-corrected chi connectivity index (χ0v) is 11.6. The third-order valence-electron chi connectivity index (χ3n) is 2.91. The molecular weight excluding hydrogens is 264 g/mol. The molecule has 1 aliphatic heterocycles. The summed E-state index contributed by atoms with van der Waals surface area (Å²) in [5.41, 5.74) is 0.382. The highest BCUT2D eigenvalue weighted by atomic mass is 32.2. The summed E-state index contributed by atoms with van der Waals surface area (Å²) in [5, 5.41) is 15.7. The largest absolute Gasteiger partial charge is 0.506 e. The van der Waals surface area contributed by atoms with Gasteiger partial charge in [-0.3, -0.25) is 4.79 Å². The van der Waals surface area contributed by atoms with Crippen molar-refractivity contribution >= 4 is 23.4 Å². The van der Waals surface area contributed by atoms with Crippen LogP contribution in [-0.2, 0) is 4.79 Å². The lowest BCUT2D eigenvalue weighted by Gasteiger charge is -2.22. The van der Waals surface area contributed by atoms with Crippen LogP contribution < -0.4 is 15.4 Å². The van der Waals surface area contributed by atoms with Gasteiger partial charge in [-0.1, -0.05) is 0 Å². The van der Waals surface area contributed by atoms with Crippen LogP contribution in [0.25, 0.3) is 0 Å². The average molecular weight is 282 g/mol. The first kappa shape index (κ1) is 14.0. The summed E-state index contributed by atoms with van der Waals surface area (Å²) in [6.45, 7) is 0.938. The number of rotatable bonds is 4. The fourth-order valence-corrected chi connectivity index (χ4v) is 2.87. The predicted octanol–water partition coefficient (Wildman–Crippen LogP) is 1.43. The molecular formula is C13H18N2O3S. The SMILES string of the molecule is COc1ccc(O)c(NC(=O)CC2CSCCN2)c1. The Morgan fingerprint density at radius 2 is 2.47 bits per heavy atom. The van der Waals surface area contributed by atoms with Gasteiger partial charge in [-0.25, -0.2) is 0 Å². The number of anilines is 1. The molecule has 1 saturated heterocycles. The number of carbonyl (C=O) groups is 1. The van der Waals surface area contributed by atoms with Crippen LogP contribution in [0.3, 0.4) is 0 Å². The minimum absolute atomic E-state index is 0.0418. The van der Waals surface area contributed by atoms with E-state index < -0.39 is 0 Å². The number of aromatic hydroxyl groups is 1. The van der Waals surface area contributed by atoms with Gasteiger partial charge in [0.1, 0.15) is 11.5 Å². The smallest absolute Gasteiger partial charge is 0.226 e. The minimum atomic E-state index is -0.108. The van der Waals surface area contributed by atoms with Gasteiger partial charge in [0.2, 0.25) is 5.91 Å². The normalized spacial score (nSPS) is 18.9. The fourth-order valence-electron chi connectivity index (χ4n) is 1.92. The van der Waals surface area contributed by atoms with Crippen molar-refractivity contribution in [2.75, 3.05) is 30.5 Å². The number of benzene rings is 1. The molecule has 0 bridgehead atoms. The van der Waals surface area contributed by atoms with E-state index in [1.165, 1.54) is 6.07 Å². The molecule has 2 rings (SSSR count). The maximum absolute atomic E-state index is 11.9. The van der Waals surface area contributed by atoms with Gasteiger partial charge in [-0.15, -0.1) is 0 Å². The lowest BCUT2D eigenvalue weighted by molar-refractivity contribution is -0.116. The maximum atomic E-state index is 11.9. The molecule has 3 N–H and O–H groups in total. The first-order valence-electron chi connectivity index (χ1n) is 6.17. The summed E-state index contributed by atoms with van der Waals surface area (Å²) in [6, 6.07) is 4.95. The molecule has 104 valence electrons. The molecule has 1 aromatic carbocycles. The maximum Gasteiger partial charge on any atom is 0.226 e. The highest BCUT2D eigenvalue weighted by Crippen LogP contribution is 2.28. The van der Waals surface area contributed by atoms with Crippen LogP contribution in [0.4, 0.5) is 5.69 Å². The van der Waals surface area contributed by atoms with E-state index in [0.717, 1.165) is 18.1 Å². The van der Waals surface area contributed by atoms with Crippen molar-refractivity contribution in [3.05, 3.63) is 18.2 Å². The van der Waals surface area contributed by atoms with Gasteiger partial charge < -0.3 is 20.5 Å². The Labute approximate surface area is 116 Å². The Kier molecular flexibility index (Phi) is 4.93. The fraction of sp³-hybridized carbons (Fsp3) is 0.462. The Bertz CT molecular complexity index is 448. The summed E-state index contributed by atoms with van der Waals surface area (Å²) >= 11 is 1.85. The van der Waals surface area contributed by atoms with Crippen LogP contribution in [-0.4, -0.2) is 42.2 Å². The van der Waals surface area contributed by atoms with Gasteiger partial charge in [0.25, 0.3) is 0 Å². The molecule has 19 heavy (non-hydrogen) atoms. The van der Waals surface area contributed by atoms with Crippen LogP contribution in [0.15, 0.2) is 18.2 Å². The van der Waals surface area contributed by atoms with Crippen LogP contribution in [0.1, 0.15) is 6.42 Å². The summed E-state index contributed by atoms with van der Waals surface area (Å²) in [5.74, 6) is 2.56. The highest BCUT2D eigenvalue weighted by molar-refractivity contribution is 7.99. The molecule has 5 nitrogen and oxygen atoms in total. The van der Waals surface area contributed by atoms with Crippen molar-refractivity contribution in [1.82, 2.24) is 5.32 Å². The molecule has 1 atom stereocenters. The third kappa shape index (κ3) is 4.04. The van der Waals surface area contributed by atoms with E-state index in [-0.39, 0.29) is 17.7 Å². The van der Waals surface area contributed by atoms with Crippen LogP contribution in [0.5, 0.6) is 11.5 Å². The summed E-state index contributed by atoms with van der Waals surface area (Å²) in [4.78, 5) is 11.9. The summed E-state index contributed by atoms with van der Waals surface area (Å²) in [7, 11) is 1.54. The molecule has 6 heteroatoms. The molecule has 0 saturated carbocycles. The first-order valence-corrected chi connectivity index (χ1v) is 7.32. The van der Waals surface area contributed by atoms with Gasteiger partial charge in [0, 0.05) is 36.6 Å². The molecule has 0 radical (unpaired) electrons. The van der Waals surface area contributed by atoms with E-state index in [9.17, 15) is 9.90 Å². The molecule has 1 aliphatic rings. The molecule has 1 unspecified atom stereocenters. The molecule has 1 aromatic rings. The molecule has 1 fully saturated rings. The van der Waals surface area contributed by atoms with Crippen molar-refractivity contribution in [2.45, 2.75) is 12.5 Å². The topological polar surface area (TPSA) is 70.6 Å². The third-order valence-corrected chi connectivity index (χ3v) is 4.04. The number of amides is 1. The number of phenolic OH excluding ortho intramolecular Hbond substituents is 1.